The molecule has 1 amide bonds. The molecule has 0 unspecified atom stereocenters. The van der Waals surface area contributed by atoms with Crippen molar-refractivity contribution in [2.45, 2.75) is 39.0 Å². The van der Waals surface area contributed by atoms with E-state index in [1.54, 1.807) is 18.2 Å². The summed E-state index contributed by atoms with van der Waals surface area (Å²) in [5, 5.41) is 10.7. The first-order chi connectivity index (χ1) is 11.6. The van der Waals surface area contributed by atoms with E-state index in [0.717, 1.165) is 49.9 Å². The minimum Gasteiger partial charge on any atom is -0.339 e. The monoisotopic (exact) mass is 328 g/mol. The van der Waals surface area contributed by atoms with Crippen molar-refractivity contribution in [3.63, 3.8) is 0 Å². The Labute approximate surface area is 142 Å². The molecule has 0 atom stereocenters. The second kappa shape index (κ2) is 9.01. The first kappa shape index (κ1) is 17.9. The largest absolute Gasteiger partial charge is 0.339 e. The van der Waals surface area contributed by atoms with Gasteiger partial charge in [0.2, 0.25) is 5.91 Å². The lowest BCUT2D eigenvalue weighted by Crippen LogP contribution is -2.34. The van der Waals surface area contributed by atoms with Crippen LogP contribution in [0.4, 0.5) is 5.69 Å². The van der Waals surface area contributed by atoms with Crippen LogP contribution in [0.25, 0.3) is 6.08 Å². The van der Waals surface area contributed by atoms with Crippen LogP contribution in [0.5, 0.6) is 0 Å². The summed E-state index contributed by atoms with van der Waals surface area (Å²) in [5.41, 5.74) is 2.04. The molecule has 1 fully saturated rings. The highest BCUT2D eigenvalue weighted by molar-refractivity contribution is 5.88. The van der Waals surface area contributed by atoms with Crippen molar-refractivity contribution in [1.82, 2.24) is 4.90 Å². The van der Waals surface area contributed by atoms with Crippen molar-refractivity contribution < 1.29 is 9.72 Å². The highest BCUT2D eigenvalue weighted by Crippen LogP contribution is 2.17. The average Bonchev–Trinajstić information content (AvgIpc) is 2.61. The zero-order valence-corrected chi connectivity index (χ0v) is 14.1. The number of allylic oxidation sites excluding steroid dienone is 2. The molecule has 0 radical (unpaired) electrons. The Morgan fingerprint density at radius 1 is 1.17 bits per heavy atom. The number of amides is 1. The lowest BCUT2D eigenvalue weighted by atomic mass is 10.1. The van der Waals surface area contributed by atoms with Crippen LogP contribution >= 0.6 is 0 Å². The normalized spacial score (nSPS) is 15.7. The van der Waals surface area contributed by atoms with Crippen molar-refractivity contribution in [3.05, 3.63) is 57.7 Å². The molecular weight excluding hydrogens is 304 g/mol. The number of carbonyl (C=O) groups excluding carboxylic acids is 1. The number of non-ortho nitro benzene ring substituents is 1. The molecule has 0 aromatic heterocycles. The van der Waals surface area contributed by atoms with Crippen LogP contribution in [-0.4, -0.2) is 28.8 Å². The predicted molar refractivity (Wildman–Crippen MR) is 95.6 cm³/mol. The summed E-state index contributed by atoms with van der Waals surface area (Å²) in [6, 6.07) is 6.46. The van der Waals surface area contributed by atoms with E-state index in [1.165, 1.54) is 18.6 Å². The smallest absolute Gasteiger partial charge is 0.269 e. The summed E-state index contributed by atoms with van der Waals surface area (Å²) in [4.78, 5) is 24.4. The number of nitro benzene ring substituents is 1. The van der Waals surface area contributed by atoms with E-state index in [-0.39, 0.29) is 11.6 Å². The molecule has 1 aliphatic rings. The molecule has 1 heterocycles. The maximum absolute atomic E-state index is 12.2. The number of rotatable bonds is 6. The second-order valence-corrected chi connectivity index (χ2v) is 6.04. The highest BCUT2D eigenvalue weighted by atomic mass is 16.6. The topological polar surface area (TPSA) is 63.5 Å². The maximum Gasteiger partial charge on any atom is 0.269 e. The summed E-state index contributed by atoms with van der Waals surface area (Å²) in [6.07, 6.45) is 10.7. The van der Waals surface area contributed by atoms with Crippen molar-refractivity contribution in [2.75, 3.05) is 13.1 Å². The first-order valence-corrected chi connectivity index (χ1v) is 8.52. The first-order valence-electron chi connectivity index (χ1n) is 8.52. The van der Waals surface area contributed by atoms with E-state index in [1.807, 2.05) is 17.1 Å². The second-order valence-electron chi connectivity index (χ2n) is 6.04. The van der Waals surface area contributed by atoms with E-state index in [4.69, 9.17) is 0 Å². The molecular formula is C19H24N2O3. The van der Waals surface area contributed by atoms with E-state index >= 15 is 0 Å². The summed E-state index contributed by atoms with van der Waals surface area (Å²) in [5.74, 6) is 0.0698. The van der Waals surface area contributed by atoms with Crippen molar-refractivity contribution >= 4 is 17.7 Å². The van der Waals surface area contributed by atoms with Crippen LogP contribution in [0.3, 0.4) is 0 Å². The van der Waals surface area contributed by atoms with Crippen LogP contribution in [0.15, 0.2) is 42.0 Å². The van der Waals surface area contributed by atoms with E-state index in [2.05, 4.69) is 6.92 Å². The van der Waals surface area contributed by atoms with Gasteiger partial charge >= 0.3 is 0 Å². The molecule has 0 spiro atoms. The molecule has 2 rings (SSSR count). The van der Waals surface area contributed by atoms with Crippen LogP contribution in [-0.2, 0) is 4.79 Å². The third-order valence-corrected chi connectivity index (χ3v) is 4.10. The lowest BCUT2D eigenvalue weighted by Gasteiger charge is -2.25. The van der Waals surface area contributed by atoms with Gasteiger partial charge in [-0.2, -0.15) is 0 Å². The fourth-order valence-corrected chi connectivity index (χ4v) is 2.80. The van der Waals surface area contributed by atoms with Crippen LogP contribution in [0.1, 0.15) is 44.6 Å². The van der Waals surface area contributed by atoms with E-state index in [9.17, 15) is 14.9 Å². The van der Waals surface area contributed by atoms with Gasteiger partial charge in [0.1, 0.15) is 0 Å². The number of nitrogens with zero attached hydrogens (tertiary/aromatic N) is 2. The maximum atomic E-state index is 12.2. The van der Waals surface area contributed by atoms with Gasteiger partial charge in [-0.3, -0.25) is 14.9 Å². The average molecular weight is 328 g/mol. The predicted octanol–water partition coefficient (Wildman–Crippen LogP) is 4.35. The Morgan fingerprint density at radius 3 is 2.42 bits per heavy atom. The van der Waals surface area contributed by atoms with Crippen LogP contribution in [0, 0.1) is 10.1 Å². The number of likely N-dealkylation sites (tertiary alicyclic amines) is 1. The van der Waals surface area contributed by atoms with E-state index < -0.39 is 4.92 Å². The third kappa shape index (κ3) is 5.33. The molecule has 5 heteroatoms. The van der Waals surface area contributed by atoms with Gasteiger partial charge in [0.05, 0.1) is 4.92 Å². The molecule has 0 bridgehead atoms. The molecule has 0 N–H and O–H groups in total. The molecule has 1 aromatic rings. The Morgan fingerprint density at radius 2 is 1.83 bits per heavy atom. The van der Waals surface area contributed by atoms with Gasteiger partial charge < -0.3 is 4.90 Å². The quantitative estimate of drug-likeness (QED) is 0.337. The molecule has 24 heavy (non-hydrogen) atoms. The molecule has 5 nitrogen and oxygen atoms in total. The zero-order chi connectivity index (χ0) is 17.4. The summed E-state index contributed by atoms with van der Waals surface area (Å²) < 4.78 is 0. The Hall–Kier alpha value is -2.43. The van der Waals surface area contributed by atoms with Gasteiger partial charge in [-0.15, -0.1) is 0 Å². The van der Waals surface area contributed by atoms with Gasteiger partial charge in [0.25, 0.3) is 5.69 Å². The number of piperidine rings is 1. The summed E-state index contributed by atoms with van der Waals surface area (Å²) >= 11 is 0. The van der Waals surface area contributed by atoms with Crippen LogP contribution in [0.2, 0.25) is 0 Å². The molecule has 1 aliphatic heterocycles. The fourth-order valence-electron chi connectivity index (χ4n) is 2.80. The molecule has 0 aliphatic carbocycles. The number of carbonyl (C=O) groups is 1. The van der Waals surface area contributed by atoms with Crippen LogP contribution < -0.4 is 0 Å². The highest BCUT2D eigenvalue weighted by Gasteiger charge is 2.13. The minimum absolute atomic E-state index is 0.0698. The Bertz CT molecular complexity index is 627. The third-order valence-electron chi connectivity index (χ3n) is 4.10. The summed E-state index contributed by atoms with van der Waals surface area (Å²) in [6.45, 7) is 3.78. The number of benzene rings is 1. The number of hydrogen-bond donors (Lipinski definition) is 0. The standard InChI is InChI=1S/C19H24N2O3/c1-2-6-16(9-12-19(22)20-13-4-3-5-14-20)15-17-7-10-18(11-8-17)21(23)24/h7-12,15H,2-6,13-14H2,1H3/b12-9+,16-15+. The van der Waals surface area contributed by atoms with Crippen molar-refractivity contribution in [2.24, 2.45) is 0 Å². The lowest BCUT2D eigenvalue weighted by molar-refractivity contribution is -0.384. The summed E-state index contributed by atoms with van der Waals surface area (Å²) in [7, 11) is 0. The van der Waals surface area contributed by atoms with Gasteiger partial charge in [-0.25, -0.2) is 0 Å². The molecule has 1 aromatic carbocycles. The van der Waals surface area contributed by atoms with Gasteiger partial charge in [0.15, 0.2) is 0 Å². The Balaban J connectivity index is 2.08. The van der Waals surface area contributed by atoms with Gasteiger partial charge in [-0.05, 0) is 49.0 Å². The molecule has 1 saturated heterocycles. The molecule has 0 saturated carbocycles. The minimum atomic E-state index is -0.405. The zero-order valence-electron chi connectivity index (χ0n) is 14.1. The van der Waals surface area contributed by atoms with Gasteiger partial charge in [-0.1, -0.05) is 25.5 Å². The molecule has 128 valence electrons. The number of nitro groups is 1. The van der Waals surface area contributed by atoms with Crippen molar-refractivity contribution in [3.8, 4) is 0 Å². The van der Waals surface area contributed by atoms with E-state index in [0.29, 0.717) is 0 Å². The SMILES string of the molecule is CCCC(/C=C/C(=O)N1CCCCC1)=C\c1ccc([N+](=O)[O-])cc1. The fraction of sp³-hybridized carbons (Fsp3) is 0.421. The Kier molecular flexibility index (Phi) is 6.73. The van der Waals surface area contributed by atoms with Crippen molar-refractivity contribution in [1.29, 1.82) is 0 Å². The number of hydrogen-bond acceptors (Lipinski definition) is 3. The van der Waals surface area contributed by atoms with Gasteiger partial charge in [0, 0.05) is 31.3 Å².